The lowest BCUT2D eigenvalue weighted by Gasteiger charge is -2.15. The standard InChI is InChI=1S/C17H16BrClO2/c1-11-3-5-13(14(19)9-11)17(18)12-4-6-15-16(10-12)21-8-2-7-20-15/h3-6,9-10,17H,2,7-8H2,1H3. The zero-order valence-electron chi connectivity index (χ0n) is 11.7. The number of aryl methyl sites for hydroxylation is 1. The van der Waals surface area contributed by atoms with Gasteiger partial charge in [0.05, 0.1) is 18.0 Å². The van der Waals surface area contributed by atoms with Crippen LogP contribution in [0, 0.1) is 6.92 Å². The van der Waals surface area contributed by atoms with Gasteiger partial charge in [-0.2, -0.15) is 0 Å². The number of alkyl halides is 1. The monoisotopic (exact) mass is 366 g/mol. The molecule has 1 unspecified atom stereocenters. The first-order valence-electron chi connectivity index (χ1n) is 6.95. The largest absolute Gasteiger partial charge is 0.490 e. The van der Waals surface area contributed by atoms with Gasteiger partial charge in [0.1, 0.15) is 0 Å². The SMILES string of the molecule is Cc1ccc(C(Br)c2ccc3c(c2)OCCCO3)c(Cl)c1. The number of rotatable bonds is 2. The summed E-state index contributed by atoms with van der Waals surface area (Å²) >= 11 is 10.1. The van der Waals surface area contributed by atoms with Crippen molar-refractivity contribution in [3.63, 3.8) is 0 Å². The summed E-state index contributed by atoms with van der Waals surface area (Å²) in [6.45, 7) is 3.43. The van der Waals surface area contributed by atoms with Gasteiger partial charge in [-0.1, -0.05) is 45.7 Å². The van der Waals surface area contributed by atoms with Crippen molar-refractivity contribution in [1.29, 1.82) is 0 Å². The van der Waals surface area contributed by atoms with Gasteiger partial charge in [-0.05, 0) is 41.8 Å². The van der Waals surface area contributed by atoms with E-state index in [2.05, 4.69) is 28.1 Å². The molecular weight excluding hydrogens is 352 g/mol. The maximum atomic E-state index is 6.36. The maximum absolute atomic E-state index is 6.36. The van der Waals surface area contributed by atoms with Crippen molar-refractivity contribution in [2.45, 2.75) is 18.2 Å². The topological polar surface area (TPSA) is 18.5 Å². The van der Waals surface area contributed by atoms with Gasteiger partial charge in [0.2, 0.25) is 0 Å². The third kappa shape index (κ3) is 3.19. The summed E-state index contributed by atoms with van der Waals surface area (Å²) in [7, 11) is 0. The van der Waals surface area contributed by atoms with E-state index < -0.39 is 0 Å². The van der Waals surface area contributed by atoms with Gasteiger partial charge in [0, 0.05) is 11.4 Å². The Balaban J connectivity index is 1.94. The first kappa shape index (κ1) is 14.7. The predicted octanol–water partition coefficient (Wildman–Crippen LogP) is 5.29. The Hall–Kier alpha value is -1.19. The highest BCUT2D eigenvalue weighted by molar-refractivity contribution is 9.09. The molecule has 0 amide bonds. The average molecular weight is 368 g/mol. The van der Waals surface area contributed by atoms with Crippen molar-refractivity contribution >= 4 is 27.5 Å². The molecule has 110 valence electrons. The van der Waals surface area contributed by atoms with Gasteiger partial charge < -0.3 is 9.47 Å². The lowest BCUT2D eigenvalue weighted by molar-refractivity contribution is 0.297. The molecule has 0 aliphatic carbocycles. The van der Waals surface area contributed by atoms with Crippen molar-refractivity contribution in [2.24, 2.45) is 0 Å². The first-order valence-corrected chi connectivity index (χ1v) is 8.24. The van der Waals surface area contributed by atoms with Gasteiger partial charge in [-0.25, -0.2) is 0 Å². The smallest absolute Gasteiger partial charge is 0.161 e. The summed E-state index contributed by atoms with van der Waals surface area (Å²) in [4.78, 5) is 0.0303. The van der Waals surface area contributed by atoms with Crippen LogP contribution in [0.3, 0.4) is 0 Å². The second-order valence-corrected chi connectivity index (χ2v) is 6.47. The number of ether oxygens (including phenoxy) is 2. The van der Waals surface area contributed by atoms with E-state index in [1.165, 1.54) is 0 Å². The minimum Gasteiger partial charge on any atom is -0.490 e. The van der Waals surface area contributed by atoms with Crippen LogP contribution in [0.2, 0.25) is 5.02 Å². The molecular formula is C17H16BrClO2. The first-order chi connectivity index (χ1) is 10.1. The van der Waals surface area contributed by atoms with Crippen LogP contribution in [0.1, 0.15) is 27.9 Å². The Bertz CT molecular complexity index is 657. The zero-order valence-corrected chi connectivity index (χ0v) is 14.1. The molecule has 0 spiro atoms. The third-order valence-electron chi connectivity index (χ3n) is 3.49. The second kappa shape index (κ2) is 6.29. The summed E-state index contributed by atoms with van der Waals surface area (Å²) in [6.07, 6.45) is 0.908. The van der Waals surface area contributed by atoms with Crippen LogP contribution in [-0.4, -0.2) is 13.2 Å². The highest BCUT2D eigenvalue weighted by Crippen LogP contribution is 2.39. The Labute approximate surface area is 138 Å². The molecule has 0 fully saturated rings. The molecule has 0 radical (unpaired) electrons. The molecule has 3 rings (SSSR count). The fourth-order valence-electron chi connectivity index (χ4n) is 2.35. The van der Waals surface area contributed by atoms with Crippen LogP contribution >= 0.6 is 27.5 Å². The second-order valence-electron chi connectivity index (χ2n) is 5.14. The molecule has 1 aliphatic heterocycles. The van der Waals surface area contributed by atoms with Gasteiger partial charge in [-0.15, -0.1) is 0 Å². The van der Waals surface area contributed by atoms with E-state index >= 15 is 0 Å². The van der Waals surface area contributed by atoms with Crippen molar-refractivity contribution in [3.05, 3.63) is 58.1 Å². The van der Waals surface area contributed by atoms with E-state index in [-0.39, 0.29) is 4.83 Å². The van der Waals surface area contributed by atoms with Crippen molar-refractivity contribution in [2.75, 3.05) is 13.2 Å². The number of halogens is 2. The Morgan fingerprint density at radius 1 is 1.05 bits per heavy atom. The van der Waals surface area contributed by atoms with Crippen LogP contribution in [0.4, 0.5) is 0 Å². The normalized spacial score (nSPS) is 15.4. The zero-order chi connectivity index (χ0) is 14.8. The molecule has 0 N–H and O–H groups in total. The fraction of sp³-hybridized carbons (Fsp3) is 0.294. The molecule has 2 aromatic rings. The third-order valence-corrected chi connectivity index (χ3v) is 4.84. The number of hydrogen-bond acceptors (Lipinski definition) is 2. The lowest BCUT2D eigenvalue weighted by Crippen LogP contribution is -1.98. The van der Waals surface area contributed by atoms with E-state index in [1.807, 2.05) is 31.2 Å². The summed E-state index contributed by atoms with van der Waals surface area (Å²) in [5.74, 6) is 1.61. The summed E-state index contributed by atoms with van der Waals surface area (Å²) < 4.78 is 11.4. The van der Waals surface area contributed by atoms with Crippen LogP contribution in [0.25, 0.3) is 0 Å². The van der Waals surface area contributed by atoms with Crippen LogP contribution in [-0.2, 0) is 0 Å². The van der Waals surface area contributed by atoms with E-state index in [9.17, 15) is 0 Å². The Morgan fingerprint density at radius 3 is 2.57 bits per heavy atom. The molecule has 2 nitrogen and oxygen atoms in total. The van der Waals surface area contributed by atoms with E-state index in [0.29, 0.717) is 13.2 Å². The number of hydrogen-bond donors (Lipinski definition) is 0. The molecule has 1 atom stereocenters. The lowest BCUT2D eigenvalue weighted by atomic mass is 10.0. The van der Waals surface area contributed by atoms with Crippen molar-refractivity contribution < 1.29 is 9.47 Å². The highest BCUT2D eigenvalue weighted by atomic mass is 79.9. The molecule has 1 heterocycles. The van der Waals surface area contributed by atoms with Gasteiger partial charge in [0.15, 0.2) is 11.5 Å². The summed E-state index contributed by atoms with van der Waals surface area (Å²) in [6, 6.07) is 12.1. The van der Waals surface area contributed by atoms with Gasteiger partial charge in [-0.3, -0.25) is 0 Å². The van der Waals surface area contributed by atoms with Crippen LogP contribution in [0.5, 0.6) is 11.5 Å². The summed E-state index contributed by atoms with van der Waals surface area (Å²) in [5, 5.41) is 0.768. The Kier molecular flexibility index (Phi) is 4.41. The molecule has 0 saturated heterocycles. The molecule has 0 aromatic heterocycles. The van der Waals surface area contributed by atoms with Crippen LogP contribution < -0.4 is 9.47 Å². The predicted molar refractivity (Wildman–Crippen MR) is 89.0 cm³/mol. The van der Waals surface area contributed by atoms with Gasteiger partial charge >= 0.3 is 0 Å². The van der Waals surface area contributed by atoms with Gasteiger partial charge in [0.25, 0.3) is 0 Å². The molecule has 1 aliphatic rings. The van der Waals surface area contributed by atoms with Crippen LogP contribution in [0.15, 0.2) is 36.4 Å². The Morgan fingerprint density at radius 2 is 1.81 bits per heavy atom. The van der Waals surface area contributed by atoms with Crippen molar-refractivity contribution in [1.82, 2.24) is 0 Å². The average Bonchev–Trinajstić information content (AvgIpc) is 2.71. The number of fused-ring (bicyclic) bond motifs is 1. The molecule has 0 saturated carbocycles. The van der Waals surface area contributed by atoms with E-state index in [0.717, 1.165) is 39.6 Å². The number of benzene rings is 2. The highest BCUT2D eigenvalue weighted by Gasteiger charge is 2.17. The molecule has 0 bridgehead atoms. The quantitative estimate of drug-likeness (QED) is 0.671. The minimum atomic E-state index is 0.0303. The fourth-order valence-corrected chi connectivity index (χ4v) is 3.51. The van der Waals surface area contributed by atoms with E-state index in [4.69, 9.17) is 21.1 Å². The maximum Gasteiger partial charge on any atom is 0.161 e. The molecule has 21 heavy (non-hydrogen) atoms. The van der Waals surface area contributed by atoms with Crippen molar-refractivity contribution in [3.8, 4) is 11.5 Å². The molecule has 4 heteroatoms. The summed E-state index contributed by atoms with van der Waals surface area (Å²) in [5.41, 5.74) is 3.31. The minimum absolute atomic E-state index is 0.0303. The van der Waals surface area contributed by atoms with E-state index in [1.54, 1.807) is 0 Å². The molecule has 2 aromatic carbocycles.